The van der Waals surface area contributed by atoms with Gasteiger partial charge < -0.3 is 0 Å². The van der Waals surface area contributed by atoms with E-state index in [-0.39, 0.29) is 11.4 Å². The first-order chi connectivity index (χ1) is 14.5. The monoisotopic (exact) mass is 437 g/mol. The Hall–Kier alpha value is -2.93. The molecule has 5 nitrogen and oxygen atoms in total. The molecule has 0 aliphatic carbocycles. The van der Waals surface area contributed by atoms with Crippen LogP contribution in [0, 0.1) is 0 Å². The Morgan fingerprint density at radius 2 is 1.50 bits per heavy atom. The van der Waals surface area contributed by atoms with E-state index in [9.17, 15) is 8.42 Å². The van der Waals surface area contributed by atoms with E-state index in [1.807, 2.05) is 71.5 Å². The van der Waals surface area contributed by atoms with Crippen LogP contribution in [0.25, 0.3) is 11.3 Å². The van der Waals surface area contributed by atoms with E-state index in [1.54, 1.807) is 12.1 Å². The zero-order chi connectivity index (χ0) is 21.0. The van der Waals surface area contributed by atoms with Crippen molar-refractivity contribution in [2.24, 2.45) is 0 Å². The maximum atomic E-state index is 12.7. The summed E-state index contributed by atoms with van der Waals surface area (Å²) >= 11 is 5.87. The largest absolute Gasteiger partial charge is 0.267 e. The van der Waals surface area contributed by atoms with Crippen molar-refractivity contribution in [1.29, 1.82) is 0 Å². The van der Waals surface area contributed by atoms with Gasteiger partial charge in [-0.2, -0.15) is 5.10 Å². The fourth-order valence-corrected chi connectivity index (χ4v) is 4.28. The van der Waals surface area contributed by atoms with Gasteiger partial charge in [-0.05, 0) is 29.8 Å². The molecular weight excluding hydrogens is 418 g/mol. The molecule has 30 heavy (non-hydrogen) atoms. The van der Waals surface area contributed by atoms with Gasteiger partial charge in [0.25, 0.3) is 0 Å². The Kier molecular flexibility index (Phi) is 5.99. The third-order valence-electron chi connectivity index (χ3n) is 4.65. The van der Waals surface area contributed by atoms with Crippen molar-refractivity contribution in [2.45, 2.75) is 18.0 Å². The van der Waals surface area contributed by atoms with Gasteiger partial charge in [-0.3, -0.25) is 4.68 Å². The van der Waals surface area contributed by atoms with Crippen LogP contribution in [0.2, 0.25) is 5.02 Å². The van der Waals surface area contributed by atoms with E-state index >= 15 is 0 Å². The highest BCUT2D eigenvalue weighted by molar-refractivity contribution is 7.89. The number of sulfonamides is 1. The van der Waals surface area contributed by atoms with Gasteiger partial charge in [-0.25, -0.2) is 13.1 Å². The third kappa shape index (κ3) is 4.79. The fourth-order valence-electron chi connectivity index (χ4n) is 3.15. The van der Waals surface area contributed by atoms with Gasteiger partial charge in [0.1, 0.15) is 0 Å². The summed E-state index contributed by atoms with van der Waals surface area (Å²) in [5.41, 5.74) is 3.61. The van der Waals surface area contributed by atoms with Crippen molar-refractivity contribution in [3.8, 4) is 11.3 Å². The summed E-state index contributed by atoms with van der Waals surface area (Å²) in [7, 11) is -3.67. The van der Waals surface area contributed by atoms with Crippen LogP contribution < -0.4 is 4.72 Å². The number of rotatable bonds is 7. The van der Waals surface area contributed by atoms with Gasteiger partial charge in [0.05, 0.1) is 17.1 Å². The fraction of sp³-hybridized carbons (Fsp3) is 0.0870. The number of nitrogens with zero attached hydrogens (tertiary/aromatic N) is 2. The van der Waals surface area contributed by atoms with Crippen molar-refractivity contribution < 1.29 is 8.42 Å². The molecule has 3 aromatic carbocycles. The number of aromatic nitrogens is 2. The quantitative estimate of drug-likeness (QED) is 0.454. The zero-order valence-corrected chi connectivity index (χ0v) is 17.6. The molecule has 4 aromatic rings. The molecule has 0 saturated carbocycles. The SMILES string of the molecule is O=S(=O)(NCc1cn(Cc2ccccc2)nc1-c1ccccc1)c1ccc(Cl)cc1. The predicted molar refractivity (Wildman–Crippen MR) is 119 cm³/mol. The second-order valence-electron chi connectivity index (χ2n) is 6.83. The highest BCUT2D eigenvalue weighted by Crippen LogP contribution is 2.23. The summed E-state index contributed by atoms with van der Waals surface area (Å²) in [5, 5.41) is 5.21. The molecule has 0 radical (unpaired) electrons. The highest BCUT2D eigenvalue weighted by atomic mass is 35.5. The van der Waals surface area contributed by atoms with E-state index in [1.165, 1.54) is 12.1 Å². The smallest absolute Gasteiger partial charge is 0.240 e. The summed E-state index contributed by atoms with van der Waals surface area (Å²) < 4.78 is 29.9. The number of hydrogen-bond donors (Lipinski definition) is 1. The molecule has 152 valence electrons. The summed E-state index contributed by atoms with van der Waals surface area (Å²) in [6.07, 6.45) is 1.89. The molecule has 0 saturated heterocycles. The number of benzene rings is 3. The predicted octanol–water partition coefficient (Wildman–Crippen LogP) is 4.73. The minimum absolute atomic E-state index is 0.129. The average molecular weight is 438 g/mol. The second kappa shape index (κ2) is 8.83. The Labute approximate surface area is 181 Å². The van der Waals surface area contributed by atoms with Crippen molar-refractivity contribution in [3.63, 3.8) is 0 Å². The lowest BCUT2D eigenvalue weighted by Gasteiger charge is -2.07. The Balaban J connectivity index is 1.61. The zero-order valence-electron chi connectivity index (χ0n) is 16.1. The summed E-state index contributed by atoms with van der Waals surface area (Å²) in [5.74, 6) is 0. The van der Waals surface area contributed by atoms with E-state index in [0.717, 1.165) is 22.4 Å². The Morgan fingerprint density at radius 3 is 2.17 bits per heavy atom. The first-order valence-corrected chi connectivity index (χ1v) is 11.3. The van der Waals surface area contributed by atoms with Crippen molar-refractivity contribution in [1.82, 2.24) is 14.5 Å². The maximum Gasteiger partial charge on any atom is 0.240 e. The van der Waals surface area contributed by atoms with E-state index < -0.39 is 10.0 Å². The van der Waals surface area contributed by atoms with Gasteiger partial charge in [-0.1, -0.05) is 72.3 Å². The number of halogens is 1. The van der Waals surface area contributed by atoms with Crippen LogP contribution >= 0.6 is 11.6 Å². The van der Waals surface area contributed by atoms with E-state index in [0.29, 0.717) is 11.6 Å². The van der Waals surface area contributed by atoms with Crippen LogP contribution in [0.15, 0.2) is 96.0 Å². The molecule has 0 bridgehead atoms. The Bertz CT molecular complexity index is 1220. The molecule has 1 heterocycles. The van der Waals surface area contributed by atoms with Crippen LogP contribution in [-0.2, 0) is 23.1 Å². The summed E-state index contributed by atoms with van der Waals surface area (Å²) in [4.78, 5) is 0.171. The Morgan fingerprint density at radius 1 is 0.867 bits per heavy atom. The van der Waals surface area contributed by atoms with Gasteiger partial charge in [-0.15, -0.1) is 0 Å². The van der Waals surface area contributed by atoms with Crippen molar-refractivity contribution in [3.05, 3.63) is 107 Å². The van der Waals surface area contributed by atoms with Crippen molar-refractivity contribution in [2.75, 3.05) is 0 Å². The molecular formula is C23H20ClN3O2S. The molecule has 0 atom stereocenters. The van der Waals surface area contributed by atoms with Gasteiger partial charge in [0.15, 0.2) is 0 Å². The molecule has 0 spiro atoms. The molecule has 0 fully saturated rings. The minimum atomic E-state index is -3.67. The normalized spacial score (nSPS) is 11.5. The summed E-state index contributed by atoms with van der Waals surface area (Å²) in [6, 6.07) is 25.8. The first-order valence-electron chi connectivity index (χ1n) is 9.42. The summed E-state index contributed by atoms with van der Waals surface area (Å²) in [6.45, 7) is 0.731. The maximum absolute atomic E-state index is 12.7. The second-order valence-corrected chi connectivity index (χ2v) is 9.03. The molecule has 1 N–H and O–H groups in total. The molecule has 1 aromatic heterocycles. The highest BCUT2D eigenvalue weighted by Gasteiger charge is 2.17. The molecule has 0 amide bonds. The topological polar surface area (TPSA) is 64.0 Å². The average Bonchev–Trinajstić information content (AvgIpc) is 3.17. The lowest BCUT2D eigenvalue weighted by molar-refractivity contribution is 0.581. The third-order valence-corrected chi connectivity index (χ3v) is 6.32. The van der Waals surface area contributed by atoms with Crippen LogP contribution in [-0.4, -0.2) is 18.2 Å². The van der Waals surface area contributed by atoms with Crippen LogP contribution in [0.3, 0.4) is 0 Å². The van der Waals surface area contributed by atoms with E-state index in [4.69, 9.17) is 16.7 Å². The lowest BCUT2D eigenvalue weighted by atomic mass is 10.1. The lowest BCUT2D eigenvalue weighted by Crippen LogP contribution is -2.23. The van der Waals surface area contributed by atoms with Crippen molar-refractivity contribution >= 4 is 21.6 Å². The molecule has 4 rings (SSSR count). The van der Waals surface area contributed by atoms with Gasteiger partial charge in [0.2, 0.25) is 10.0 Å². The number of nitrogens with one attached hydrogen (secondary N) is 1. The van der Waals surface area contributed by atoms with Crippen LogP contribution in [0.1, 0.15) is 11.1 Å². The van der Waals surface area contributed by atoms with E-state index in [2.05, 4.69) is 4.72 Å². The van der Waals surface area contributed by atoms with Gasteiger partial charge >= 0.3 is 0 Å². The molecule has 0 aliphatic rings. The molecule has 0 aliphatic heterocycles. The van der Waals surface area contributed by atoms with Crippen LogP contribution in [0.5, 0.6) is 0 Å². The van der Waals surface area contributed by atoms with Crippen LogP contribution in [0.4, 0.5) is 0 Å². The number of hydrogen-bond acceptors (Lipinski definition) is 3. The minimum Gasteiger partial charge on any atom is -0.267 e. The van der Waals surface area contributed by atoms with Gasteiger partial charge in [0, 0.05) is 28.9 Å². The molecule has 0 unspecified atom stereocenters. The standard InChI is InChI=1S/C23H20ClN3O2S/c24-21-11-13-22(14-12-21)30(28,29)25-15-20-17-27(16-18-7-3-1-4-8-18)26-23(20)19-9-5-2-6-10-19/h1-14,17,25H,15-16H2. The first kappa shape index (κ1) is 20.3. The molecule has 7 heteroatoms.